The van der Waals surface area contributed by atoms with E-state index >= 15 is 0 Å². The molecule has 2 unspecified atom stereocenters. The van der Waals surface area contributed by atoms with Crippen LogP contribution in [0, 0.1) is 5.92 Å². The molecule has 170 valence electrons. The first-order valence-corrected chi connectivity index (χ1v) is 10.7. The summed E-state index contributed by atoms with van der Waals surface area (Å²) < 4.78 is 5.27. The molecule has 1 aromatic carbocycles. The number of rotatable bonds is 5. The van der Waals surface area contributed by atoms with Crippen molar-refractivity contribution in [1.82, 2.24) is 20.4 Å². The minimum Gasteiger partial charge on any atom is -0.449 e. The molecular weight excluding hydrogens is 416 g/mol. The molecule has 3 aliphatic heterocycles. The number of hydrogen-bond donors (Lipinski definition) is 2. The van der Waals surface area contributed by atoms with E-state index in [0.29, 0.717) is 31.6 Å². The fourth-order valence-corrected chi connectivity index (χ4v) is 4.39. The lowest BCUT2D eigenvalue weighted by Gasteiger charge is -2.29. The van der Waals surface area contributed by atoms with E-state index in [1.807, 2.05) is 12.1 Å². The molecule has 0 bridgehead atoms. The van der Waals surface area contributed by atoms with Crippen LogP contribution >= 0.6 is 0 Å². The molecule has 2 atom stereocenters. The molecule has 5 amide bonds. The molecule has 0 radical (unpaired) electrons. The topological polar surface area (TPSA) is 125 Å². The molecule has 4 rings (SSSR count). The minimum atomic E-state index is -0.654. The number of carbonyl (C=O) groups is 5. The Bertz CT molecular complexity index is 977. The smallest absolute Gasteiger partial charge is 0.407 e. The van der Waals surface area contributed by atoms with Crippen molar-refractivity contribution in [2.45, 2.75) is 45.3 Å². The molecule has 0 spiro atoms. The molecule has 10 heteroatoms. The van der Waals surface area contributed by atoms with E-state index in [9.17, 15) is 24.0 Å². The summed E-state index contributed by atoms with van der Waals surface area (Å²) in [5, 5.41) is 4.97. The maximum absolute atomic E-state index is 12.9. The van der Waals surface area contributed by atoms with Gasteiger partial charge in [0.05, 0.1) is 6.61 Å². The fraction of sp³-hybridized carbons (Fsp3) is 0.500. The number of nitrogens with one attached hydrogen (secondary N) is 2. The lowest BCUT2D eigenvalue weighted by atomic mass is 10.0. The first-order valence-electron chi connectivity index (χ1n) is 10.7. The summed E-state index contributed by atoms with van der Waals surface area (Å²) in [5.74, 6) is -0.851. The highest BCUT2D eigenvalue weighted by atomic mass is 16.5. The Hall–Kier alpha value is -3.43. The third-order valence-corrected chi connectivity index (χ3v) is 6.21. The lowest BCUT2D eigenvalue weighted by Crippen LogP contribution is -2.52. The van der Waals surface area contributed by atoms with Crippen LogP contribution in [-0.4, -0.2) is 65.3 Å². The Kier molecular flexibility index (Phi) is 6.11. The predicted octanol–water partition coefficient (Wildman–Crippen LogP) is 0.542. The largest absolute Gasteiger partial charge is 0.449 e. The summed E-state index contributed by atoms with van der Waals surface area (Å²) >= 11 is 0. The van der Waals surface area contributed by atoms with Gasteiger partial charge in [-0.05, 0) is 30.0 Å². The summed E-state index contributed by atoms with van der Waals surface area (Å²) in [5.41, 5.74) is 2.04. The van der Waals surface area contributed by atoms with Crippen LogP contribution in [0.15, 0.2) is 18.2 Å². The van der Waals surface area contributed by atoms with Gasteiger partial charge in [0.2, 0.25) is 17.7 Å². The van der Waals surface area contributed by atoms with Crippen molar-refractivity contribution < 1.29 is 28.7 Å². The zero-order valence-corrected chi connectivity index (χ0v) is 17.9. The number of nitrogens with zero attached hydrogens (tertiary/aromatic N) is 2. The second-order valence-corrected chi connectivity index (χ2v) is 8.46. The average Bonchev–Trinajstić information content (AvgIpc) is 3.36. The van der Waals surface area contributed by atoms with Gasteiger partial charge in [-0.1, -0.05) is 12.1 Å². The summed E-state index contributed by atoms with van der Waals surface area (Å²) in [6, 6.07) is 4.70. The zero-order valence-electron chi connectivity index (χ0n) is 17.9. The number of amides is 5. The third-order valence-electron chi connectivity index (χ3n) is 6.21. The Labute approximate surface area is 185 Å². The van der Waals surface area contributed by atoms with Crippen LogP contribution in [0.25, 0.3) is 0 Å². The first-order chi connectivity index (χ1) is 15.3. The summed E-state index contributed by atoms with van der Waals surface area (Å²) in [7, 11) is 0. The molecule has 3 heterocycles. The number of alkyl carbamates (subject to hydrolysis) is 1. The quantitative estimate of drug-likeness (QED) is 0.642. The zero-order chi connectivity index (χ0) is 22.8. The van der Waals surface area contributed by atoms with Gasteiger partial charge in [-0.3, -0.25) is 24.5 Å². The summed E-state index contributed by atoms with van der Waals surface area (Å²) in [6.45, 7) is 3.57. The van der Waals surface area contributed by atoms with Crippen LogP contribution in [-0.2, 0) is 32.2 Å². The van der Waals surface area contributed by atoms with E-state index in [2.05, 4.69) is 10.6 Å². The van der Waals surface area contributed by atoms with Crippen molar-refractivity contribution in [2.75, 3.05) is 19.7 Å². The van der Waals surface area contributed by atoms with Gasteiger partial charge in [0.25, 0.3) is 5.91 Å². The van der Waals surface area contributed by atoms with Crippen LogP contribution in [0.1, 0.15) is 47.7 Å². The Morgan fingerprint density at radius 1 is 1.22 bits per heavy atom. The normalized spacial score (nSPS) is 22.6. The van der Waals surface area contributed by atoms with E-state index in [0.717, 1.165) is 17.5 Å². The van der Waals surface area contributed by atoms with E-state index < -0.39 is 18.0 Å². The number of ether oxygens (including phenoxy) is 1. The van der Waals surface area contributed by atoms with Gasteiger partial charge in [-0.15, -0.1) is 0 Å². The van der Waals surface area contributed by atoms with Crippen LogP contribution in [0.5, 0.6) is 0 Å². The first kappa shape index (κ1) is 21.8. The number of hydrogen-bond acceptors (Lipinski definition) is 6. The summed E-state index contributed by atoms with van der Waals surface area (Å²) in [6.07, 6.45) is 0.782. The molecule has 2 fully saturated rings. The lowest BCUT2D eigenvalue weighted by molar-refractivity contribution is -0.137. The molecule has 10 nitrogen and oxygen atoms in total. The van der Waals surface area contributed by atoms with Crippen molar-refractivity contribution in [2.24, 2.45) is 5.92 Å². The highest BCUT2D eigenvalue weighted by Crippen LogP contribution is 2.28. The van der Waals surface area contributed by atoms with Crippen molar-refractivity contribution in [3.05, 3.63) is 34.9 Å². The third kappa shape index (κ3) is 4.58. The van der Waals surface area contributed by atoms with Crippen molar-refractivity contribution in [3.8, 4) is 0 Å². The predicted molar refractivity (Wildman–Crippen MR) is 111 cm³/mol. The molecule has 0 aliphatic carbocycles. The van der Waals surface area contributed by atoms with Crippen molar-refractivity contribution in [3.63, 3.8) is 0 Å². The molecule has 0 aromatic heterocycles. The summed E-state index contributed by atoms with van der Waals surface area (Å²) in [4.78, 5) is 63.0. The maximum atomic E-state index is 12.9. The van der Waals surface area contributed by atoms with Crippen LogP contribution in [0.2, 0.25) is 0 Å². The number of carbonyl (C=O) groups excluding carboxylic acids is 5. The van der Waals surface area contributed by atoms with Gasteiger partial charge in [0.1, 0.15) is 6.04 Å². The standard InChI is InChI=1S/C22H26N4O6/c1-13(27)25-7-6-15(10-25)12-32-22(31)23-9-14-2-3-16-11-26(21(30)17(16)8-14)18-4-5-19(28)24-20(18)29/h2-3,8,15,18H,4-7,9-12H2,1H3,(H,23,31)(H,24,28,29). The van der Waals surface area contributed by atoms with E-state index in [4.69, 9.17) is 4.74 Å². The molecule has 0 saturated carbocycles. The second kappa shape index (κ2) is 8.97. The van der Waals surface area contributed by atoms with E-state index in [1.54, 1.807) is 11.0 Å². The minimum absolute atomic E-state index is 0.0271. The molecule has 3 aliphatic rings. The number of likely N-dealkylation sites (tertiary alicyclic amines) is 1. The maximum Gasteiger partial charge on any atom is 0.407 e. The van der Waals surface area contributed by atoms with Crippen LogP contribution < -0.4 is 10.6 Å². The molecule has 2 saturated heterocycles. The number of fused-ring (bicyclic) bond motifs is 1. The van der Waals surface area contributed by atoms with Gasteiger partial charge >= 0.3 is 6.09 Å². The van der Waals surface area contributed by atoms with Gasteiger partial charge < -0.3 is 19.9 Å². The Balaban J connectivity index is 1.28. The number of piperidine rings is 1. The van der Waals surface area contributed by atoms with Crippen LogP contribution in [0.3, 0.4) is 0 Å². The van der Waals surface area contributed by atoms with Gasteiger partial charge in [-0.2, -0.15) is 0 Å². The van der Waals surface area contributed by atoms with Gasteiger partial charge in [0, 0.05) is 51.0 Å². The SMILES string of the molecule is CC(=O)N1CCC(COC(=O)NCc2ccc3c(c2)C(=O)N(C2CCC(=O)NC2=O)C3)C1. The Morgan fingerprint density at radius 2 is 2.03 bits per heavy atom. The van der Waals surface area contributed by atoms with Gasteiger partial charge in [-0.25, -0.2) is 4.79 Å². The molecular formula is C22H26N4O6. The fourth-order valence-electron chi connectivity index (χ4n) is 4.39. The van der Waals surface area contributed by atoms with Crippen molar-refractivity contribution in [1.29, 1.82) is 0 Å². The monoisotopic (exact) mass is 442 g/mol. The number of imide groups is 1. The average molecular weight is 442 g/mol. The highest BCUT2D eigenvalue weighted by molar-refractivity contribution is 6.05. The second-order valence-electron chi connectivity index (χ2n) is 8.46. The van der Waals surface area contributed by atoms with Crippen LogP contribution in [0.4, 0.5) is 4.79 Å². The number of benzene rings is 1. The van der Waals surface area contributed by atoms with E-state index in [1.165, 1.54) is 11.8 Å². The Morgan fingerprint density at radius 3 is 2.75 bits per heavy atom. The molecule has 1 aromatic rings. The van der Waals surface area contributed by atoms with Crippen molar-refractivity contribution >= 4 is 29.7 Å². The highest BCUT2D eigenvalue weighted by Gasteiger charge is 2.39. The molecule has 32 heavy (non-hydrogen) atoms. The van der Waals surface area contributed by atoms with E-state index in [-0.39, 0.29) is 43.2 Å². The molecule has 2 N–H and O–H groups in total. The van der Waals surface area contributed by atoms with Gasteiger partial charge in [0.15, 0.2) is 0 Å².